The first kappa shape index (κ1) is 3.68. The van der Waals surface area contributed by atoms with Crippen LogP contribution in [0.3, 0.4) is 0 Å². The van der Waals surface area contributed by atoms with Crippen LogP contribution >= 0.6 is 0 Å². The standard InChI is InChI=1S/C4H6NO/c1-2-4-6-5-3-1/h1,3-5H,2H2. The molecular formula is C4H6NO. The van der Waals surface area contributed by atoms with E-state index in [4.69, 9.17) is 0 Å². The number of hydrogen-bond acceptors (Lipinski definition) is 2. The predicted octanol–water partition coefficient (Wildman–Crippen LogP) is 0.587. The van der Waals surface area contributed by atoms with Gasteiger partial charge in [-0.25, -0.2) is 0 Å². The Morgan fingerprint density at radius 3 is 2.83 bits per heavy atom. The molecule has 1 N–H and O–H groups in total. The Bertz CT molecular complexity index is 52.6. The third-order valence-corrected chi connectivity index (χ3v) is 0.570. The summed E-state index contributed by atoms with van der Waals surface area (Å²) in [7, 11) is 0. The molecule has 0 amide bonds. The van der Waals surface area contributed by atoms with Crippen LogP contribution in [0.5, 0.6) is 0 Å². The van der Waals surface area contributed by atoms with Crippen LogP contribution < -0.4 is 5.48 Å². The maximum atomic E-state index is 4.61. The quantitative estimate of drug-likeness (QED) is 0.463. The van der Waals surface area contributed by atoms with Crippen molar-refractivity contribution in [2.24, 2.45) is 0 Å². The minimum absolute atomic E-state index is 0.910. The van der Waals surface area contributed by atoms with E-state index in [1.807, 2.05) is 6.08 Å². The Balaban J connectivity index is 2.26. The van der Waals surface area contributed by atoms with Gasteiger partial charge in [0.1, 0.15) is 6.61 Å². The molecule has 0 atom stereocenters. The van der Waals surface area contributed by atoms with E-state index in [1.165, 1.54) is 0 Å². The second-order valence-corrected chi connectivity index (χ2v) is 1.04. The Hall–Kier alpha value is -0.500. The van der Waals surface area contributed by atoms with Crippen molar-refractivity contribution in [3.8, 4) is 0 Å². The molecule has 1 heterocycles. The summed E-state index contributed by atoms with van der Waals surface area (Å²) in [6.07, 6.45) is 4.65. The number of hydrogen-bond donors (Lipinski definition) is 1. The van der Waals surface area contributed by atoms with Crippen molar-refractivity contribution in [2.45, 2.75) is 6.42 Å². The molecule has 0 unspecified atom stereocenters. The summed E-state index contributed by atoms with van der Waals surface area (Å²) in [6.45, 7) is 1.69. The summed E-state index contributed by atoms with van der Waals surface area (Å²) in [4.78, 5) is 4.61. The Morgan fingerprint density at radius 2 is 2.67 bits per heavy atom. The molecule has 0 spiro atoms. The van der Waals surface area contributed by atoms with Crippen molar-refractivity contribution in [3.05, 3.63) is 18.9 Å². The highest BCUT2D eigenvalue weighted by molar-refractivity contribution is 4.83. The van der Waals surface area contributed by atoms with E-state index in [9.17, 15) is 0 Å². The third kappa shape index (κ3) is 0.723. The largest absolute Gasteiger partial charge is 0.274 e. The summed E-state index contributed by atoms with van der Waals surface area (Å²) in [5, 5.41) is 0. The molecule has 0 fully saturated rings. The Labute approximate surface area is 36.8 Å². The van der Waals surface area contributed by atoms with Crippen molar-refractivity contribution in [2.75, 3.05) is 0 Å². The van der Waals surface area contributed by atoms with Crippen LogP contribution in [0.15, 0.2) is 12.3 Å². The zero-order valence-corrected chi connectivity index (χ0v) is 3.35. The van der Waals surface area contributed by atoms with E-state index < -0.39 is 0 Å². The highest BCUT2D eigenvalue weighted by Gasteiger charge is 1.85. The van der Waals surface area contributed by atoms with Crippen molar-refractivity contribution in [3.63, 3.8) is 0 Å². The lowest BCUT2D eigenvalue weighted by Gasteiger charge is -2.02. The summed E-state index contributed by atoms with van der Waals surface area (Å²) < 4.78 is 0. The van der Waals surface area contributed by atoms with Crippen LogP contribution in [0.25, 0.3) is 0 Å². The second-order valence-electron chi connectivity index (χ2n) is 1.04. The van der Waals surface area contributed by atoms with E-state index in [2.05, 4.69) is 10.3 Å². The first-order valence-electron chi connectivity index (χ1n) is 1.88. The van der Waals surface area contributed by atoms with Gasteiger partial charge in [0.15, 0.2) is 0 Å². The molecule has 1 rings (SSSR count). The predicted molar refractivity (Wildman–Crippen MR) is 22.3 cm³/mol. The van der Waals surface area contributed by atoms with Crippen LogP contribution in [-0.2, 0) is 4.84 Å². The van der Waals surface area contributed by atoms with E-state index in [0.717, 1.165) is 6.42 Å². The van der Waals surface area contributed by atoms with Crippen LogP contribution in [0.1, 0.15) is 6.42 Å². The fourth-order valence-corrected chi connectivity index (χ4v) is 0.307. The Kier molecular flexibility index (Phi) is 1.12. The normalized spacial score (nSPS) is 20.0. The van der Waals surface area contributed by atoms with Gasteiger partial charge in [0.2, 0.25) is 0 Å². The molecule has 6 heavy (non-hydrogen) atoms. The topological polar surface area (TPSA) is 21.3 Å². The molecule has 1 aliphatic heterocycles. The van der Waals surface area contributed by atoms with Gasteiger partial charge in [0.05, 0.1) is 0 Å². The third-order valence-electron chi connectivity index (χ3n) is 0.570. The lowest BCUT2D eigenvalue weighted by molar-refractivity contribution is 0.120. The summed E-state index contributed by atoms with van der Waals surface area (Å²) in [6, 6.07) is 0. The van der Waals surface area contributed by atoms with Gasteiger partial charge in [0, 0.05) is 6.20 Å². The maximum absolute atomic E-state index is 4.61. The number of rotatable bonds is 0. The first-order chi connectivity index (χ1) is 3.00. The molecule has 2 heteroatoms. The van der Waals surface area contributed by atoms with Crippen LogP contribution in [0.2, 0.25) is 0 Å². The zero-order valence-electron chi connectivity index (χ0n) is 3.35. The summed E-state index contributed by atoms with van der Waals surface area (Å²) in [5.41, 5.74) is 2.55. The van der Waals surface area contributed by atoms with Gasteiger partial charge in [-0.3, -0.25) is 10.3 Å². The van der Waals surface area contributed by atoms with E-state index in [0.29, 0.717) is 0 Å². The Morgan fingerprint density at radius 1 is 1.67 bits per heavy atom. The van der Waals surface area contributed by atoms with E-state index in [-0.39, 0.29) is 0 Å². The van der Waals surface area contributed by atoms with E-state index >= 15 is 0 Å². The number of nitrogens with one attached hydrogen (secondary N) is 1. The highest BCUT2D eigenvalue weighted by atomic mass is 16.6. The highest BCUT2D eigenvalue weighted by Crippen LogP contribution is 1.92. The minimum Gasteiger partial charge on any atom is -0.274 e. The fraction of sp³-hybridized carbons (Fsp3) is 0.250. The lowest BCUT2D eigenvalue weighted by Crippen LogP contribution is -2.06. The molecule has 0 saturated carbocycles. The molecule has 0 aromatic carbocycles. The first-order valence-corrected chi connectivity index (χ1v) is 1.88. The maximum Gasteiger partial charge on any atom is 0.118 e. The van der Waals surface area contributed by atoms with Crippen molar-refractivity contribution >= 4 is 0 Å². The second kappa shape index (κ2) is 1.82. The lowest BCUT2D eigenvalue weighted by atomic mass is 10.4. The van der Waals surface area contributed by atoms with Crippen LogP contribution in [0, 0.1) is 6.61 Å². The molecular weight excluding hydrogens is 78.0 g/mol. The van der Waals surface area contributed by atoms with Gasteiger partial charge in [-0.2, -0.15) is 0 Å². The van der Waals surface area contributed by atoms with Gasteiger partial charge >= 0.3 is 0 Å². The molecule has 0 aromatic heterocycles. The number of hydroxylamine groups is 1. The van der Waals surface area contributed by atoms with Gasteiger partial charge in [-0.15, -0.1) is 0 Å². The summed E-state index contributed by atoms with van der Waals surface area (Å²) in [5.74, 6) is 0. The average molecular weight is 84.1 g/mol. The SMILES string of the molecule is [CH]1CC=CNO1. The molecule has 0 aromatic rings. The van der Waals surface area contributed by atoms with Crippen LogP contribution in [0.4, 0.5) is 0 Å². The van der Waals surface area contributed by atoms with Gasteiger partial charge in [0.25, 0.3) is 0 Å². The monoisotopic (exact) mass is 84.0 g/mol. The van der Waals surface area contributed by atoms with Gasteiger partial charge in [-0.1, -0.05) is 6.08 Å². The minimum atomic E-state index is 0.910. The van der Waals surface area contributed by atoms with Gasteiger partial charge < -0.3 is 0 Å². The molecule has 0 bridgehead atoms. The average Bonchev–Trinajstić information content (AvgIpc) is 1.72. The van der Waals surface area contributed by atoms with Crippen molar-refractivity contribution in [1.82, 2.24) is 5.48 Å². The fourth-order valence-electron chi connectivity index (χ4n) is 0.307. The smallest absolute Gasteiger partial charge is 0.118 e. The summed E-state index contributed by atoms with van der Waals surface area (Å²) >= 11 is 0. The zero-order chi connectivity index (χ0) is 4.24. The van der Waals surface area contributed by atoms with Gasteiger partial charge in [-0.05, 0) is 6.42 Å². The van der Waals surface area contributed by atoms with E-state index in [1.54, 1.807) is 12.8 Å². The molecule has 2 nitrogen and oxygen atoms in total. The van der Waals surface area contributed by atoms with Crippen LogP contribution in [-0.4, -0.2) is 0 Å². The molecule has 0 aliphatic carbocycles. The van der Waals surface area contributed by atoms with Crippen molar-refractivity contribution in [1.29, 1.82) is 0 Å². The van der Waals surface area contributed by atoms with Crippen molar-refractivity contribution < 1.29 is 4.84 Å². The molecule has 1 aliphatic rings. The molecule has 33 valence electrons. The molecule has 1 radical (unpaired) electrons. The molecule has 0 saturated heterocycles.